The van der Waals surface area contributed by atoms with Crippen molar-refractivity contribution in [1.29, 1.82) is 0 Å². The van der Waals surface area contributed by atoms with Crippen LogP contribution in [0.1, 0.15) is 160 Å². The van der Waals surface area contributed by atoms with E-state index in [9.17, 15) is 47.8 Å². The molecule has 2 aliphatic rings. The Morgan fingerprint density at radius 2 is 1.23 bits per heavy atom. The van der Waals surface area contributed by atoms with Crippen LogP contribution in [0.2, 0.25) is 0 Å². The molecular formula is C52H89N3O22P-. The second-order valence-corrected chi connectivity index (χ2v) is 23.2. The number of primary amides is 2. The van der Waals surface area contributed by atoms with Gasteiger partial charge in [-0.2, -0.15) is 0 Å². The highest BCUT2D eigenvalue weighted by Gasteiger charge is 2.58. The fraction of sp³-hybridized carbons (Fsp3) is 0.846. The van der Waals surface area contributed by atoms with Crippen LogP contribution >= 0.6 is 7.82 Å². The molecule has 2 fully saturated rings. The third kappa shape index (κ3) is 26.2. The Labute approximate surface area is 459 Å². The number of rotatable bonds is 35. The van der Waals surface area contributed by atoms with Crippen LogP contribution in [0.3, 0.4) is 0 Å². The minimum Gasteiger partial charge on any atom is -0.756 e. The summed E-state index contributed by atoms with van der Waals surface area (Å²) in [4.78, 5) is 114. The van der Waals surface area contributed by atoms with Crippen molar-refractivity contribution >= 4 is 55.6 Å². The number of hydrogen-bond acceptors (Lipinski definition) is 22. The number of carbonyl (C=O) groups is 8. The van der Waals surface area contributed by atoms with Crippen molar-refractivity contribution in [3.05, 3.63) is 0 Å². The van der Waals surface area contributed by atoms with Gasteiger partial charge in [0, 0.05) is 41.2 Å². The predicted octanol–water partition coefficient (Wildman–Crippen LogP) is 4.97. The van der Waals surface area contributed by atoms with Gasteiger partial charge < -0.3 is 73.6 Å². The van der Waals surface area contributed by atoms with E-state index in [1.54, 1.807) is 0 Å². The number of amides is 3. The maximum atomic E-state index is 13.8. The first-order valence-electron chi connectivity index (χ1n) is 26.8. The molecule has 0 aromatic rings. The Morgan fingerprint density at radius 1 is 0.654 bits per heavy atom. The number of unbranched alkanes of at least 4 members (excludes halogenated alkanes) is 1. The third-order valence-corrected chi connectivity index (χ3v) is 14.4. The summed E-state index contributed by atoms with van der Waals surface area (Å²) in [7, 11) is -4.78. The number of phosphoric ester groups is 1. The van der Waals surface area contributed by atoms with Crippen LogP contribution in [-0.2, 0) is 94.5 Å². The Bertz CT molecular complexity index is 1990. The van der Waals surface area contributed by atoms with Crippen molar-refractivity contribution in [2.45, 2.75) is 228 Å². The van der Waals surface area contributed by atoms with Crippen LogP contribution < -0.4 is 21.7 Å². The summed E-state index contributed by atoms with van der Waals surface area (Å²) in [6, 6.07) is -1.74. The summed E-state index contributed by atoms with van der Waals surface area (Å²) >= 11 is 0. The fourth-order valence-electron chi connectivity index (χ4n) is 9.20. The summed E-state index contributed by atoms with van der Waals surface area (Å²) in [5.74, 6) is -4.80. The standard InChI is InChI=1S/C52H90N3O22P/c1-29(2)17-16-19-30(3)20-21-32(5)22-25-52(11,12)24-15-14-18-31(4)23-26-67-39(48(62)66-13)28-69-78(64,65)77-50-46(44(76-51(54)63)43(72-37(10)60)45(74-50)47(53)61)75-49-40(55-33(6)56)42(71-36(9)59)41(70-35(8)58)38(73-49)27-68-34(7)57/h29-32,38-46,49-50H,14-28H2,1-13H3,(H2,53,61)(H2,54,63)(H,55,56)(H,64,65)/p-1/t30?,31?,32?,38-,39-,40-,41-,42-,43-,44+,45+,46-,49+,50-/m1/s1. The lowest BCUT2D eigenvalue weighted by atomic mass is 9.79. The molecular weight excluding hydrogens is 1050 g/mol. The normalized spacial score (nSPS) is 25.7. The Balaban J connectivity index is 2.31. The van der Waals surface area contributed by atoms with Gasteiger partial charge >= 0.3 is 35.9 Å². The zero-order chi connectivity index (χ0) is 59.1. The summed E-state index contributed by atoms with van der Waals surface area (Å²) in [6.45, 7) is 19.1. The highest BCUT2D eigenvalue weighted by molar-refractivity contribution is 7.45. The lowest BCUT2D eigenvalue weighted by molar-refractivity contribution is -0.347. The maximum absolute atomic E-state index is 13.8. The molecule has 0 spiro atoms. The van der Waals surface area contributed by atoms with Crippen LogP contribution in [0.5, 0.6) is 0 Å². The van der Waals surface area contributed by atoms with E-state index in [-0.39, 0.29) is 17.9 Å². The van der Waals surface area contributed by atoms with Crippen LogP contribution in [-0.4, -0.2) is 142 Å². The molecule has 2 saturated heterocycles. The first-order chi connectivity index (χ1) is 36.3. The van der Waals surface area contributed by atoms with Gasteiger partial charge in [0.15, 0.2) is 55.3 Å². The van der Waals surface area contributed by atoms with Gasteiger partial charge in [0.25, 0.3) is 13.7 Å². The highest BCUT2D eigenvalue weighted by Crippen LogP contribution is 2.45. The van der Waals surface area contributed by atoms with E-state index in [1.165, 1.54) is 38.5 Å². The van der Waals surface area contributed by atoms with Gasteiger partial charge in [-0.1, -0.05) is 106 Å². The zero-order valence-electron chi connectivity index (χ0n) is 47.9. The second-order valence-electron chi connectivity index (χ2n) is 21.8. The second kappa shape index (κ2) is 33.9. The van der Waals surface area contributed by atoms with Crippen molar-refractivity contribution in [3.63, 3.8) is 0 Å². The average molecular weight is 1140 g/mol. The van der Waals surface area contributed by atoms with E-state index >= 15 is 0 Å². The van der Waals surface area contributed by atoms with E-state index in [0.717, 1.165) is 85.7 Å². The number of phosphoric acid groups is 1. The van der Waals surface area contributed by atoms with Crippen LogP contribution in [0.15, 0.2) is 0 Å². The molecule has 25 nitrogen and oxygen atoms in total. The lowest BCUT2D eigenvalue weighted by Crippen LogP contribution is -2.70. The Hall–Kier alpha value is -4.49. The lowest BCUT2D eigenvalue weighted by Gasteiger charge is -2.49. The largest absolute Gasteiger partial charge is 0.756 e. The zero-order valence-corrected chi connectivity index (χ0v) is 48.7. The third-order valence-electron chi connectivity index (χ3n) is 13.4. The van der Waals surface area contributed by atoms with E-state index < -0.39 is 136 Å². The van der Waals surface area contributed by atoms with Crippen LogP contribution in [0.4, 0.5) is 4.79 Å². The SMILES string of the molecule is COC(=O)[C@@H](COP(=O)([O-])O[C@H]1O[C@H](C(N)=O)[C@H](OC(C)=O)[C@H](OC(N)=O)[C@H]1O[C@@H]1O[C@H](COC(C)=O)[C@@H](OC(C)=O)[C@H](OC(C)=O)[C@H]1NC(C)=O)OCCC(C)CCCCC(C)(C)CCC(C)CCC(C)CCCC(C)C. The molecule has 0 bridgehead atoms. The summed E-state index contributed by atoms with van der Waals surface area (Å²) < 4.78 is 79.2. The molecule has 0 aromatic heterocycles. The van der Waals surface area contributed by atoms with Crippen molar-refractivity contribution in [2.24, 2.45) is 40.6 Å². The number of ether oxygens (including phenoxy) is 10. The Kier molecular flexibility index (Phi) is 30.3. The molecule has 4 unspecified atom stereocenters. The van der Waals surface area contributed by atoms with Crippen molar-refractivity contribution in [1.82, 2.24) is 5.32 Å². The van der Waals surface area contributed by atoms with E-state index in [2.05, 4.69) is 46.9 Å². The topological polar surface area (TPSA) is 352 Å². The molecule has 450 valence electrons. The van der Waals surface area contributed by atoms with Gasteiger partial charge in [-0.15, -0.1) is 0 Å². The number of hydrogen-bond donors (Lipinski definition) is 3. The monoisotopic (exact) mass is 1140 g/mol. The molecule has 5 N–H and O–H groups in total. The molecule has 0 aromatic carbocycles. The van der Waals surface area contributed by atoms with Crippen LogP contribution in [0, 0.1) is 29.1 Å². The number of methoxy groups -OCH3 is 1. The molecule has 78 heavy (non-hydrogen) atoms. The molecule has 0 aliphatic carbocycles. The molecule has 2 aliphatic heterocycles. The van der Waals surface area contributed by atoms with Gasteiger partial charge in [0.05, 0.1) is 13.7 Å². The molecule has 0 radical (unpaired) electrons. The van der Waals surface area contributed by atoms with Crippen LogP contribution in [0.25, 0.3) is 0 Å². The quantitative estimate of drug-likeness (QED) is 0.0326. The summed E-state index contributed by atoms with van der Waals surface area (Å²) in [5.41, 5.74) is 11.2. The van der Waals surface area contributed by atoms with E-state index in [4.69, 9.17) is 67.9 Å². The number of esters is 5. The predicted molar refractivity (Wildman–Crippen MR) is 275 cm³/mol. The van der Waals surface area contributed by atoms with E-state index in [1.807, 2.05) is 6.92 Å². The minimum atomic E-state index is -5.83. The number of nitrogens with two attached hydrogens (primary N) is 2. The Morgan fingerprint density at radius 3 is 1.78 bits per heavy atom. The molecule has 26 heteroatoms. The molecule has 2 rings (SSSR count). The van der Waals surface area contributed by atoms with Gasteiger partial charge in [0.1, 0.15) is 18.8 Å². The molecule has 2 heterocycles. The first kappa shape index (κ1) is 69.6. The molecule has 3 amide bonds. The van der Waals surface area contributed by atoms with Gasteiger partial charge in [0.2, 0.25) is 5.91 Å². The first-order valence-corrected chi connectivity index (χ1v) is 28.3. The summed E-state index contributed by atoms with van der Waals surface area (Å²) in [6.07, 6.45) is -8.26. The number of carbonyl (C=O) groups excluding carboxylic acids is 8. The molecule has 0 saturated carbocycles. The van der Waals surface area contributed by atoms with Crippen molar-refractivity contribution in [2.75, 3.05) is 26.9 Å². The van der Waals surface area contributed by atoms with Crippen molar-refractivity contribution in [3.8, 4) is 0 Å². The average Bonchev–Trinajstić information content (AvgIpc) is 3.31. The smallest absolute Gasteiger partial charge is 0.405 e. The minimum absolute atomic E-state index is 0.00159. The van der Waals surface area contributed by atoms with Gasteiger partial charge in [-0.25, -0.2) is 9.59 Å². The molecule has 15 atom stereocenters. The van der Waals surface area contributed by atoms with E-state index in [0.29, 0.717) is 12.3 Å². The van der Waals surface area contributed by atoms with Gasteiger partial charge in [-0.3, -0.25) is 37.9 Å². The highest BCUT2D eigenvalue weighted by atomic mass is 31.2. The maximum Gasteiger partial charge on any atom is 0.405 e. The van der Waals surface area contributed by atoms with Gasteiger partial charge in [-0.05, 0) is 48.3 Å². The number of nitrogens with one attached hydrogen (secondary N) is 1. The van der Waals surface area contributed by atoms with Crippen molar-refractivity contribution < 1.29 is 104 Å². The fourth-order valence-corrected chi connectivity index (χ4v) is 10.0. The summed E-state index contributed by atoms with van der Waals surface area (Å²) in [5, 5.41) is 2.43.